The molecule has 1 heterocycles. The number of rotatable bonds is 4. The third-order valence-corrected chi connectivity index (χ3v) is 3.03. The predicted molar refractivity (Wildman–Crippen MR) is 67.1 cm³/mol. The topological polar surface area (TPSA) is 53.3 Å². The van der Waals surface area contributed by atoms with Gasteiger partial charge in [-0.25, -0.2) is 0 Å². The van der Waals surface area contributed by atoms with E-state index >= 15 is 0 Å². The van der Waals surface area contributed by atoms with Crippen LogP contribution < -0.4 is 4.74 Å². The van der Waals surface area contributed by atoms with Crippen LogP contribution in [0.3, 0.4) is 0 Å². The molecule has 1 saturated heterocycles. The molecule has 0 saturated carbocycles. The summed E-state index contributed by atoms with van der Waals surface area (Å²) < 4.78 is 5.55. The molecule has 1 amide bonds. The Labute approximate surface area is 107 Å². The van der Waals surface area contributed by atoms with Crippen LogP contribution in [0.5, 0.6) is 5.75 Å². The second-order valence-corrected chi connectivity index (χ2v) is 4.32. The molecule has 1 aromatic rings. The third kappa shape index (κ3) is 3.24. The maximum atomic E-state index is 11.6. The van der Waals surface area contributed by atoms with Crippen molar-refractivity contribution in [3.8, 4) is 11.8 Å². The van der Waals surface area contributed by atoms with Gasteiger partial charge in [-0.2, -0.15) is 5.26 Å². The van der Waals surface area contributed by atoms with Crippen molar-refractivity contribution in [1.82, 2.24) is 4.90 Å². The summed E-state index contributed by atoms with van der Waals surface area (Å²) in [6.07, 6.45) is 2.76. The first-order chi connectivity index (χ1) is 8.79. The van der Waals surface area contributed by atoms with Gasteiger partial charge in [-0.05, 0) is 37.1 Å². The first-order valence-electron chi connectivity index (χ1n) is 6.20. The van der Waals surface area contributed by atoms with E-state index in [1.807, 2.05) is 4.90 Å². The highest BCUT2D eigenvalue weighted by atomic mass is 16.5. The summed E-state index contributed by atoms with van der Waals surface area (Å²) in [5.41, 5.74) is 0.619. The fourth-order valence-corrected chi connectivity index (χ4v) is 2.00. The van der Waals surface area contributed by atoms with Crippen LogP contribution >= 0.6 is 0 Å². The van der Waals surface area contributed by atoms with E-state index in [1.165, 1.54) is 0 Å². The van der Waals surface area contributed by atoms with E-state index in [4.69, 9.17) is 10.00 Å². The van der Waals surface area contributed by atoms with E-state index in [0.29, 0.717) is 25.1 Å². The predicted octanol–water partition coefficient (Wildman–Crippen LogP) is 1.95. The average Bonchev–Trinajstić information content (AvgIpc) is 2.42. The van der Waals surface area contributed by atoms with Gasteiger partial charge in [0.15, 0.2) is 0 Å². The minimum Gasteiger partial charge on any atom is -0.492 e. The molecule has 0 unspecified atom stereocenters. The van der Waals surface area contributed by atoms with Gasteiger partial charge in [0.1, 0.15) is 12.4 Å². The number of ether oxygens (including phenoxy) is 1. The van der Waals surface area contributed by atoms with Gasteiger partial charge in [0.05, 0.1) is 18.2 Å². The molecule has 0 spiro atoms. The molecule has 0 N–H and O–H groups in total. The number of amides is 1. The standard InChI is InChI=1S/C14H16N2O2/c15-11-12-4-6-13(7-5-12)18-10-9-16-8-2-1-3-14(16)17/h4-7H,1-3,8-10H2. The number of hydrogen-bond acceptors (Lipinski definition) is 3. The first kappa shape index (κ1) is 12.4. The minimum absolute atomic E-state index is 0.227. The fraction of sp³-hybridized carbons (Fsp3) is 0.429. The molecule has 1 aliphatic rings. The van der Waals surface area contributed by atoms with E-state index in [2.05, 4.69) is 6.07 Å². The van der Waals surface area contributed by atoms with Gasteiger partial charge in [0, 0.05) is 13.0 Å². The first-order valence-corrected chi connectivity index (χ1v) is 6.20. The van der Waals surface area contributed by atoms with Crippen molar-refractivity contribution < 1.29 is 9.53 Å². The zero-order chi connectivity index (χ0) is 12.8. The molecule has 94 valence electrons. The molecule has 1 fully saturated rings. The Balaban J connectivity index is 1.77. The summed E-state index contributed by atoms with van der Waals surface area (Å²) in [7, 11) is 0. The van der Waals surface area contributed by atoms with Crippen molar-refractivity contribution >= 4 is 5.91 Å². The summed E-state index contributed by atoms with van der Waals surface area (Å²) >= 11 is 0. The van der Waals surface area contributed by atoms with E-state index in [-0.39, 0.29) is 5.91 Å². The Hall–Kier alpha value is -2.02. The number of likely N-dealkylation sites (tertiary alicyclic amines) is 1. The van der Waals surface area contributed by atoms with E-state index in [0.717, 1.165) is 25.1 Å². The maximum absolute atomic E-state index is 11.6. The summed E-state index contributed by atoms with van der Waals surface area (Å²) in [5, 5.41) is 8.67. The van der Waals surface area contributed by atoms with Gasteiger partial charge in [-0.15, -0.1) is 0 Å². The Morgan fingerprint density at radius 3 is 2.72 bits per heavy atom. The van der Waals surface area contributed by atoms with E-state index in [9.17, 15) is 4.79 Å². The molecule has 4 heteroatoms. The lowest BCUT2D eigenvalue weighted by Gasteiger charge is -2.26. The summed E-state index contributed by atoms with van der Waals surface area (Å²) in [6.45, 7) is 1.98. The number of carbonyl (C=O) groups is 1. The number of nitrogens with zero attached hydrogens (tertiary/aromatic N) is 2. The smallest absolute Gasteiger partial charge is 0.222 e. The third-order valence-electron chi connectivity index (χ3n) is 3.03. The lowest BCUT2D eigenvalue weighted by Crippen LogP contribution is -2.38. The van der Waals surface area contributed by atoms with Crippen LogP contribution in [0.25, 0.3) is 0 Å². The SMILES string of the molecule is N#Cc1ccc(OCCN2CCCCC2=O)cc1. The molecule has 1 aliphatic heterocycles. The Kier molecular flexibility index (Phi) is 4.19. The van der Waals surface area contributed by atoms with Crippen LogP contribution in [-0.2, 0) is 4.79 Å². The monoisotopic (exact) mass is 244 g/mol. The Morgan fingerprint density at radius 2 is 2.06 bits per heavy atom. The molecule has 0 bridgehead atoms. The number of hydrogen-bond donors (Lipinski definition) is 0. The zero-order valence-electron chi connectivity index (χ0n) is 10.3. The second kappa shape index (κ2) is 6.06. The molecule has 18 heavy (non-hydrogen) atoms. The highest BCUT2D eigenvalue weighted by Gasteiger charge is 2.17. The second-order valence-electron chi connectivity index (χ2n) is 4.32. The summed E-state index contributed by atoms with van der Waals surface area (Å²) in [4.78, 5) is 13.4. The normalized spacial score (nSPS) is 15.3. The maximum Gasteiger partial charge on any atom is 0.222 e. The highest BCUT2D eigenvalue weighted by molar-refractivity contribution is 5.76. The molecule has 0 aliphatic carbocycles. The molecule has 4 nitrogen and oxygen atoms in total. The van der Waals surface area contributed by atoms with Crippen LogP contribution in [0, 0.1) is 11.3 Å². The van der Waals surface area contributed by atoms with E-state index < -0.39 is 0 Å². The molecule has 2 rings (SSSR count). The molecule has 0 aromatic heterocycles. The molecule has 0 radical (unpaired) electrons. The number of carbonyl (C=O) groups excluding carboxylic acids is 1. The van der Waals surface area contributed by atoms with Gasteiger partial charge >= 0.3 is 0 Å². The van der Waals surface area contributed by atoms with Crippen molar-refractivity contribution in [2.24, 2.45) is 0 Å². The lowest BCUT2D eigenvalue weighted by molar-refractivity contribution is -0.133. The van der Waals surface area contributed by atoms with Crippen molar-refractivity contribution in [1.29, 1.82) is 5.26 Å². The Bertz CT molecular complexity index is 448. The Morgan fingerprint density at radius 1 is 1.28 bits per heavy atom. The van der Waals surface area contributed by atoms with Crippen molar-refractivity contribution in [3.63, 3.8) is 0 Å². The fourth-order valence-electron chi connectivity index (χ4n) is 2.00. The largest absolute Gasteiger partial charge is 0.492 e. The molecular formula is C14H16N2O2. The van der Waals surface area contributed by atoms with Crippen LogP contribution in [0.2, 0.25) is 0 Å². The van der Waals surface area contributed by atoms with Crippen LogP contribution in [0.4, 0.5) is 0 Å². The average molecular weight is 244 g/mol. The van der Waals surface area contributed by atoms with Crippen molar-refractivity contribution in [2.45, 2.75) is 19.3 Å². The summed E-state index contributed by atoms with van der Waals surface area (Å²) in [6, 6.07) is 9.06. The highest BCUT2D eigenvalue weighted by Crippen LogP contribution is 2.13. The number of benzene rings is 1. The van der Waals surface area contributed by atoms with E-state index in [1.54, 1.807) is 24.3 Å². The quantitative estimate of drug-likeness (QED) is 0.813. The molecular weight excluding hydrogens is 228 g/mol. The van der Waals surface area contributed by atoms with Gasteiger partial charge in [-0.3, -0.25) is 4.79 Å². The van der Waals surface area contributed by atoms with Gasteiger partial charge in [0.2, 0.25) is 5.91 Å². The van der Waals surface area contributed by atoms with Crippen LogP contribution in [0.15, 0.2) is 24.3 Å². The van der Waals surface area contributed by atoms with Gasteiger partial charge < -0.3 is 9.64 Å². The molecule has 0 atom stereocenters. The van der Waals surface area contributed by atoms with Gasteiger partial charge in [-0.1, -0.05) is 0 Å². The zero-order valence-corrected chi connectivity index (χ0v) is 10.3. The minimum atomic E-state index is 0.227. The van der Waals surface area contributed by atoms with Crippen molar-refractivity contribution in [2.75, 3.05) is 19.7 Å². The number of piperidine rings is 1. The van der Waals surface area contributed by atoms with Crippen LogP contribution in [-0.4, -0.2) is 30.5 Å². The summed E-state index contributed by atoms with van der Waals surface area (Å²) in [5.74, 6) is 0.961. The van der Waals surface area contributed by atoms with Crippen molar-refractivity contribution in [3.05, 3.63) is 29.8 Å². The van der Waals surface area contributed by atoms with Crippen LogP contribution in [0.1, 0.15) is 24.8 Å². The number of nitriles is 1. The molecule has 1 aromatic carbocycles. The van der Waals surface area contributed by atoms with Gasteiger partial charge in [0.25, 0.3) is 0 Å². The lowest BCUT2D eigenvalue weighted by atomic mass is 10.1.